The van der Waals surface area contributed by atoms with Gasteiger partial charge < -0.3 is 19.3 Å². The van der Waals surface area contributed by atoms with Gasteiger partial charge >= 0.3 is 0 Å². The second-order valence-electron chi connectivity index (χ2n) is 7.43. The van der Waals surface area contributed by atoms with Crippen LogP contribution in [0.5, 0.6) is 5.75 Å². The number of amides is 2. The first-order valence-electron chi connectivity index (χ1n) is 9.97. The van der Waals surface area contributed by atoms with Crippen molar-refractivity contribution in [3.05, 3.63) is 71.6 Å². The summed E-state index contributed by atoms with van der Waals surface area (Å²) in [5.74, 6) is 0.777. The molecule has 4 rings (SSSR count). The number of hydrogen-bond acceptors (Lipinski definition) is 5. The highest BCUT2D eigenvalue weighted by Crippen LogP contribution is 2.33. The SMILES string of the molecule is COc1ccc(CN2C(=O)[C@H](OC)[C@@H]2C2=CCN(C(=O)c3ccncc3)CC2)cc1. The predicted molar refractivity (Wildman–Crippen MR) is 111 cm³/mol. The average molecular weight is 407 g/mol. The number of benzene rings is 1. The van der Waals surface area contributed by atoms with E-state index in [1.54, 1.807) is 38.7 Å². The highest BCUT2D eigenvalue weighted by Gasteiger charge is 2.49. The third kappa shape index (κ3) is 3.80. The van der Waals surface area contributed by atoms with Gasteiger partial charge in [-0.25, -0.2) is 0 Å². The molecule has 0 saturated carbocycles. The van der Waals surface area contributed by atoms with E-state index in [2.05, 4.69) is 11.1 Å². The standard InChI is InChI=1S/C23H25N3O4/c1-29-19-5-3-16(4-6-19)15-26-20(21(30-2)23(26)28)17-9-13-25(14-10-17)22(27)18-7-11-24-12-8-18/h3-9,11-12,20-21H,10,13-15H2,1-2H3/t20-,21+/m0/s1. The Morgan fingerprint density at radius 1 is 1.13 bits per heavy atom. The maximum atomic E-state index is 12.7. The Morgan fingerprint density at radius 3 is 2.47 bits per heavy atom. The van der Waals surface area contributed by atoms with Crippen molar-refractivity contribution in [1.82, 2.24) is 14.8 Å². The number of carbonyl (C=O) groups excluding carboxylic acids is 2. The van der Waals surface area contributed by atoms with E-state index in [0.29, 0.717) is 31.6 Å². The van der Waals surface area contributed by atoms with Crippen LogP contribution in [-0.2, 0) is 16.1 Å². The summed E-state index contributed by atoms with van der Waals surface area (Å²) in [6.45, 7) is 1.66. The van der Waals surface area contributed by atoms with Crippen LogP contribution in [0.3, 0.4) is 0 Å². The lowest BCUT2D eigenvalue weighted by Gasteiger charge is -2.48. The van der Waals surface area contributed by atoms with Crippen molar-refractivity contribution >= 4 is 11.8 Å². The quantitative estimate of drug-likeness (QED) is 0.543. The van der Waals surface area contributed by atoms with Crippen LogP contribution >= 0.6 is 0 Å². The van der Waals surface area contributed by atoms with Gasteiger partial charge in [0.05, 0.1) is 13.2 Å². The van der Waals surface area contributed by atoms with Gasteiger partial charge in [0.1, 0.15) is 5.75 Å². The summed E-state index contributed by atoms with van der Waals surface area (Å²) in [6.07, 6.45) is 5.56. The normalized spacial score (nSPS) is 21.1. The summed E-state index contributed by atoms with van der Waals surface area (Å²) in [5, 5.41) is 0. The van der Waals surface area contributed by atoms with E-state index in [1.807, 2.05) is 34.1 Å². The monoisotopic (exact) mass is 407 g/mol. The van der Waals surface area contributed by atoms with Gasteiger partial charge in [-0.3, -0.25) is 14.6 Å². The van der Waals surface area contributed by atoms with Crippen molar-refractivity contribution in [3.63, 3.8) is 0 Å². The first kappa shape index (κ1) is 20.1. The fourth-order valence-electron chi connectivity index (χ4n) is 4.06. The Hall–Kier alpha value is -3.19. The molecule has 0 spiro atoms. The summed E-state index contributed by atoms with van der Waals surface area (Å²) in [5.41, 5.74) is 2.82. The number of likely N-dealkylation sites (tertiary alicyclic amines) is 1. The molecule has 3 heterocycles. The zero-order chi connectivity index (χ0) is 21.1. The van der Waals surface area contributed by atoms with Gasteiger partial charge in [-0.1, -0.05) is 18.2 Å². The maximum Gasteiger partial charge on any atom is 0.255 e. The van der Waals surface area contributed by atoms with Crippen molar-refractivity contribution in [2.24, 2.45) is 0 Å². The third-order valence-corrected chi connectivity index (χ3v) is 5.75. The third-order valence-electron chi connectivity index (χ3n) is 5.75. The molecule has 1 aromatic heterocycles. The van der Waals surface area contributed by atoms with Crippen molar-refractivity contribution in [2.45, 2.75) is 25.1 Å². The minimum Gasteiger partial charge on any atom is -0.497 e. The average Bonchev–Trinajstić information content (AvgIpc) is 2.81. The van der Waals surface area contributed by atoms with Gasteiger partial charge in [0.15, 0.2) is 6.10 Å². The lowest BCUT2D eigenvalue weighted by atomic mass is 9.86. The zero-order valence-corrected chi connectivity index (χ0v) is 17.2. The van der Waals surface area contributed by atoms with Crippen LogP contribution in [0.15, 0.2) is 60.4 Å². The number of aromatic nitrogens is 1. The number of ether oxygens (including phenoxy) is 2. The number of nitrogens with zero attached hydrogens (tertiary/aromatic N) is 3. The number of rotatable bonds is 6. The molecule has 30 heavy (non-hydrogen) atoms. The van der Waals surface area contributed by atoms with Crippen LogP contribution in [0.4, 0.5) is 0 Å². The van der Waals surface area contributed by atoms with E-state index in [-0.39, 0.29) is 17.9 Å². The Kier molecular flexibility index (Phi) is 5.81. The van der Waals surface area contributed by atoms with E-state index < -0.39 is 6.10 Å². The number of carbonyl (C=O) groups is 2. The summed E-state index contributed by atoms with van der Waals surface area (Å²) in [7, 11) is 3.20. The molecule has 156 valence electrons. The number of hydrogen-bond donors (Lipinski definition) is 0. The van der Waals surface area contributed by atoms with Crippen LogP contribution in [-0.4, -0.2) is 66.1 Å². The fourth-order valence-corrected chi connectivity index (χ4v) is 4.06. The van der Waals surface area contributed by atoms with Crippen molar-refractivity contribution < 1.29 is 19.1 Å². The lowest BCUT2D eigenvalue weighted by Crippen LogP contribution is -2.66. The maximum absolute atomic E-state index is 12.7. The summed E-state index contributed by atoms with van der Waals surface area (Å²) >= 11 is 0. The van der Waals surface area contributed by atoms with Gasteiger partial charge in [-0.15, -0.1) is 0 Å². The molecule has 7 heteroatoms. The van der Waals surface area contributed by atoms with E-state index >= 15 is 0 Å². The molecule has 1 saturated heterocycles. The molecule has 2 aliphatic heterocycles. The highest BCUT2D eigenvalue weighted by atomic mass is 16.5. The molecule has 2 aliphatic rings. The first-order chi connectivity index (χ1) is 14.6. The molecule has 0 N–H and O–H groups in total. The van der Waals surface area contributed by atoms with Crippen molar-refractivity contribution in [1.29, 1.82) is 0 Å². The van der Waals surface area contributed by atoms with Crippen LogP contribution in [0.25, 0.3) is 0 Å². The first-order valence-corrected chi connectivity index (χ1v) is 9.97. The Morgan fingerprint density at radius 2 is 1.87 bits per heavy atom. The molecule has 1 aromatic carbocycles. The minimum absolute atomic E-state index is 0.00392. The van der Waals surface area contributed by atoms with Crippen LogP contribution < -0.4 is 4.74 Å². The van der Waals surface area contributed by atoms with E-state index in [4.69, 9.17) is 9.47 Å². The number of β-lactam (4-membered cyclic amide) rings is 1. The topological polar surface area (TPSA) is 72.0 Å². The fraction of sp³-hybridized carbons (Fsp3) is 0.348. The zero-order valence-electron chi connectivity index (χ0n) is 17.2. The van der Waals surface area contributed by atoms with Gasteiger partial charge in [-0.05, 0) is 41.8 Å². The number of pyridine rings is 1. The van der Waals surface area contributed by atoms with Crippen LogP contribution in [0, 0.1) is 0 Å². The molecule has 0 aliphatic carbocycles. The largest absolute Gasteiger partial charge is 0.497 e. The molecular weight excluding hydrogens is 382 g/mol. The summed E-state index contributed by atoms with van der Waals surface area (Å²) in [6, 6.07) is 11.1. The van der Waals surface area contributed by atoms with Gasteiger partial charge in [0.2, 0.25) is 0 Å². The Bertz CT molecular complexity index is 943. The molecule has 0 radical (unpaired) electrons. The summed E-state index contributed by atoms with van der Waals surface area (Å²) < 4.78 is 10.7. The molecule has 2 atom stereocenters. The van der Waals surface area contributed by atoms with E-state index in [1.165, 1.54) is 0 Å². The van der Waals surface area contributed by atoms with Crippen LogP contribution in [0.2, 0.25) is 0 Å². The van der Waals surface area contributed by atoms with Gasteiger partial charge in [0.25, 0.3) is 11.8 Å². The minimum atomic E-state index is -0.461. The highest BCUT2D eigenvalue weighted by molar-refractivity contribution is 5.94. The molecule has 2 amide bonds. The molecular formula is C23H25N3O4. The van der Waals surface area contributed by atoms with E-state index in [0.717, 1.165) is 16.9 Å². The van der Waals surface area contributed by atoms with Gasteiger partial charge in [-0.2, -0.15) is 0 Å². The molecule has 1 fully saturated rings. The predicted octanol–water partition coefficient (Wildman–Crippen LogP) is 2.29. The van der Waals surface area contributed by atoms with E-state index in [9.17, 15) is 9.59 Å². The second kappa shape index (κ2) is 8.67. The molecule has 0 bridgehead atoms. The molecule has 2 aromatic rings. The Labute approximate surface area is 175 Å². The van der Waals surface area contributed by atoms with Gasteiger partial charge in [0, 0.05) is 44.7 Å². The smallest absolute Gasteiger partial charge is 0.255 e. The van der Waals surface area contributed by atoms with Crippen LogP contribution in [0.1, 0.15) is 22.3 Å². The summed E-state index contributed by atoms with van der Waals surface area (Å²) in [4.78, 5) is 32.9. The molecule has 0 unspecified atom stereocenters. The number of methoxy groups -OCH3 is 2. The second-order valence-corrected chi connectivity index (χ2v) is 7.43. The van der Waals surface area contributed by atoms with Crippen molar-refractivity contribution in [2.75, 3.05) is 27.3 Å². The lowest BCUT2D eigenvalue weighted by molar-refractivity contribution is -0.168. The Balaban J connectivity index is 1.46. The van der Waals surface area contributed by atoms with Crippen molar-refractivity contribution in [3.8, 4) is 5.75 Å². The molecule has 7 nitrogen and oxygen atoms in total.